The van der Waals surface area contributed by atoms with E-state index < -0.39 is 5.95 Å². The van der Waals surface area contributed by atoms with Crippen molar-refractivity contribution in [2.24, 2.45) is 0 Å². The van der Waals surface area contributed by atoms with Crippen molar-refractivity contribution in [3.63, 3.8) is 0 Å². The van der Waals surface area contributed by atoms with Crippen molar-refractivity contribution in [1.29, 1.82) is 0 Å². The van der Waals surface area contributed by atoms with E-state index in [1.165, 1.54) is 6.07 Å². The molecular formula is C18H17FN4O. The van der Waals surface area contributed by atoms with Crippen LogP contribution in [0, 0.1) is 12.9 Å². The molecular weight excluding hydrogens is 307 g/mol. The fourth-order valence-corrected chi connectivity index (χ4v) is 3.00. The Balaban J connectivity index is 1.52. The lowest BCUT2D eigenvalue weighted by Crippen LogP contribution is -2.31. The van der Waals surface area contributed by atoms with Crippen molar-refractivity contribution in [3.8, 4) is 11.6 Å². The van der Waals surface area contributed by atoms with Gasteiger partial charge >= 0.3 is 0 Å². The first-order chi connectivity index (χ1) is 11.7. The second-order valence-corrected chi connectivity index (χ2v) is 5.98. The molecule has 0 saturated heterocycles. The Morgan fingerprint density at radius 1 is 1.25 bits per heavy atom. The molecule has 0 radical (unpaired) electrons. The average molecular weight is 324 g/mol. The van der Waals surface area contributed by atoms with E-state index in [0.717, 1.165) is 48.6 Å². The van der Waals surface area contributed by atoms with Gasteiger partial charge in [0.1, 0.15) is 0 Å². The van der Waals surface area contributed by atoms with E-state index in [1.54, 1.807) is 6.26 Å². The van der Waals surface area contributed by atoms with Crippen molar-refractivity contribution in [3.05, 3.63) is 65.2 Å². The lowest BCUT2D eigenvalue weighted by molar-refractivity contribution is 0.242. The van der Waals surface area contributed by atoms with Gasteiger partial charge in [0, 0.05) is 43.5 Å². The molecule has 3 aromatic rings. The van der Waals surface area contributed by atoms with Crippen molar-refractivity contribution in [2.45, 2.75) is 26.4 Å². The van der Waals surface area contributed by atoms with E-state index in [-0.39, 0.29) is 0 Å². The number of furan rings is 1. The zero-order chi connectivity index (χ0) is 16.5. The minimum absolute atomic E-state index is 0.431. The highest BCUT2D eigenvalue weighted by Crippen LogP contribution is 2.22. The molecule has 122 valence electrons. The molecule has 0 aliphatic carbocycles. The van der Waals surface area contributed by atoms with Crippen LogP contribution < -0.4 is 0 Å². The van der Waals surface area contributed by atoms with E-state index in [4.69, 9.17) is 4.42 Å². The zero-order valence-corrected chi connectivity index (χ0v) is 13.4. The summed E-state index contributed by atoms with van der Waals surface area (Å²) in [6, 6.07) is 6.92. The number of fused-ring (bicyclic) bond motifs is 1. The molecule has 0 N–H and O–H groups in total. The highest BCUT2D eigenvalue weighted by atomic mass is 19.1. The molecule has 0 spiro atoms. The summed E-state index contributed by atoms with van der Waals surface area (Å²) in [5.41, 5.74) is 3.99. The summed E-state index contributed by atoms with van der Waals surface area (Å²) in [5, 5.41) is 0. The normalized spacial score (nSPS) is 14.6. The Morgan fingerprint density at radius 3 is 2.96 bits per heavy atom. The second-order valence-electron chi connectivity index (χ2n) is 5.98. The van der Waals surface area contributed by atoms with Crippen LogP contribution in [0.4, 0.5) is 4.39 Å². The second kappa shape index (κ2) is 6.13. The first-order valence-corrected chi connectivity index (χ1v) is 7.92. The molecule has 3 aromatic heterocycles. The number of hydrogen-bond donors (Lipinski definition) is 0. The van der Waals surface area contributed by atoms with Crippen molar-refractivity contribution >= 4 is 0 Å². The number of hydrogen-bond acceptors (Lipinski definition) is 5. The molecule has 24 heavy (non-hydrogen) atoms. The van der Waals surface area contributed by atoms with Gasteiger partial charge in [-0.3, -0.25) is 4.90 Å². The van der Waals surface area contributed by atoms with Gasteiger partial charge in [0.25, 0.3) is 0 Å². The molecule has 1 aliphatic heterocycles. The maximum absolute atomic E-state index is 13.1. The molecule has 0 fully saturated rings. The molecule has 0 atom stereocenters. The predicted molar refractivity (Wildman–Crippen MR) is 86.5 cm³/mol. The summed E-state index contributed by atoms with van der Waals surface area (Å²) in [6.07, 6.45) is 4.36. The molecule has 0 unspecified atom stereocenters. The van der Waals surface area contributed by atoms with Gasteiger partial charge in [-0.15, -0.1) is 0 Å². The van der Waals surface area contributed by atoms with Crippen LogP contribution >= 0.6 is 0 Å². The minimum atomic E-state index is -0.431. The lowest BCUT2D eigenvalue weighted by atomic mass is 10.1. The SMILES string of the molecule is Cc1nc(F)ccc1CN1CCc2nc(-c3ccco3)ncc2C1. The van der Waals surface area contributed by atoms with Crippen LogP contribution in [0.3, 0.4) is 0 Å². The van der Waals surface area contributed by atoms with E-state index >= 15 is 0 Å². The molecule has 0 amide bonds. The number of rotatable bonds is 3. The third kappa shape index (κ3) is 2.92. The number of aromatic nitrogens is 3. The fourth-order valence-electron chi connectivity index (χ4n) is 3.00. The standard InChI is InChI=1S/C18H17FN4O/c1-12-13(4-5-17(19)21-12)10-23-7-6-15-14(11-23)9-20-18(22-15)16-3-2-8-24-16/h2-5,8-9H,6-7,10-11H2,1H3. The van der Waals surface area contributed by atoms with Crippen molar-refractivity contribution in [1.82, 2.24) is 19.9 Å². The largest absolute Gasteiger partial charge is 0.461 e. The molecule has 0 bridgehead atoms. The van der Waals surface area contributed by atoms with E-state index in [2.05, 4.69) is 19.9 Å². The van der Waals surface area contributed by atoms with Gasteiger partial charge in [0.05, 0.1) is 12.0 Å². The zero-order valence-electron chi connectivity index (χ0n) is 13.4. The van der Waals surface area contributed by atoms with Crippen LogP contribution in [-0.2, 0) is 19.5 Å². The number of aryl methyl sites for hydroxylation is 1. The molecule has 0 saturated carbocycles. The fraction of sp³-hybridized carbons (Fsp3) is 0.278. The highest BCUT2D eigenvalue weighted by Gasteiger charge is 2.20. The Kier molecular flexibility index (Phi) is 3.82. The van der Waals surface area contributed by atoms with Gasteiger partial charge in [0.15, 0.2) is 11.6 Å². The highest BCUT2D eigenvalue weighted by molar-refractivity contribution is 5.46. The van der Waals surface area contributed by atoms with Crippen molar-refractivity contribution in [2.75, 3.05) is 6.54 Å². The van der Waals surface area contributed by atoms with Gasteiger partial charge in [-0.1, -0.05) is 6.07 Å². The Morgan fingerprint density at radius 2 is 2.17 bits per heavy atom. The van der Waals surface area contributed by atoms with Crippen LogP contribution in [0.1, 0.15) is 22.5 Å². The Hall–Kier alpha value is -2.60. The molecule has 1 aliphatic rings. The molecule has 5 nitrogen and oxygen atoms in total. The number of nitrogens with zero attached hydrogens (tertiary/aromatic N) is 4. The maximum atomic E-state index is 13.1. The van der Waals surface area contributed by atoms with E-state index in [1.807, 2.05) is 31.3 Å². The summed E-state index contributed by atoms with van der Waals surface area (Å²) in [4.78, 5) is 15.2. The Bertz CT molecular complexity index is 863. The molecule has 6 heteroatoms. The topological polar surface area (TPSA) is 55.1 Å². The third-order valence-electron chi connectivity index (χ3n) is 4.31. The smallest absolute Gasteiger partial charge is 0.213 e. The molecule has 0 aromatic carbocycles. The van der Waals surface area contributed by atoms with E-state index in [0.29, 0.717) is 11.6 Å². The maximum Gasteiger partial charge on any atom is 0.213 e. The lowest BCUT2D eigenvalue weighted by Gasteiger charge is -2.28. The van der Waals surface area contributed by atoms with Crippen LogP contribution in [-0.4, -0.2) is 26.4 Å². The monoisotopic (exact) mass is 324 g/mol. The quantitative estimate of drug-likeness (QED) is 0.693. The first-order valence-electron chi connectivity index (χ1n) is 7.92. The van der Waals surface area contributed by atoms with Crippen LogP contribution in [0.5, 0.6) is 0 Å². The van der Waals surface area contributed by atoms with Gasteiger partial charge in [-0.05, 0) is 30.7 Å². The van der Waals surface area contributed by atoms with Crippen LogP contribution in [0.15, 0.2) is 41.1 Å². The minimum Gasteiger partial charge on any atom is -0.461 e. The molecule has 4 rings (SSSR count). The number of pyridine rings is 1. The summed E-state index contributed by atoms with van der Waals surface area (Å²) in [5.74, 6) is 0.887. The summed E-state index contributed by atoms with van der Waals surface area (Å²) in [7, 11) is 0. The Labute approximate surface area is 139 Å². The van der Waals surface area contributed by atoms with Crippen molar-refractivity contribution < 1.29 is 8.81 Å². The van der Waals surface area contributed by atoms with E-state index in [9.17, 15) is 4.39 Å². The van der Waals surface area contributed by atoms with Gasteiger partial charge < -0.3 is 4.42 Å². The van der Waals surface area contributed by atoms with Gasteiger partial charge in [0.2, 0.25) is 5.95 Å². The van der Waals surface area contributed by atoms with Crippen LogP contribution in [0.2, 0.25) is 0 Å². The third-order valence-corrected chi connectivity index (χ3v) is 4.31. The summed E-state index contributed by atoms with van der Waals surface area (Å²) >= 11 is 0. The summed E-state index contributed by atoms with van der Waals surface area (Å²) < 4.78 is 18.5. The van der Waals surface area contributed by atoms with Gasteiger partial charge in [-0.25, -0.2) is 15.0 Å². The average Bonchev–Trinajstić information content (AvgIpc) is 3.11. The van der Waals surface area contributed by atoms with Crippen LogP contribution in [0.25, 0.3) is 11.6 Å². The number of halogens is 1. The summed E-state index contributed by atoms with van der Waals surface area (Å²) in [6.45, 7) is 4.27. The van der Waals surface area contributed by atoms with Gasteiger partial charge in [-0.2, -0.15) is 4.39 Å². The predicted octanol–water partition coefficient (Wildman–Crippen LogP) is 3.14. The first kappa shape index (κ1) is 15.0. The molecule has 4 heterocycles.